The molecule has 0 saturated heterocycles. The largest absolute Gasteiger partial charge is 0.307 e. The average molecular weight is 336 g/mol. The Morgan fingerprint density at radius 1 is 0.962 bits per heavy atom. The SMILES string of the molecule is C[C@@H](NC/C=C/C#Cc1ccc(C#N)cc1)c1cccc2ccccc12. The van der Waals surface area contributed by atoms with Gasteiger partial charge in [-0.15, -0.1) is 0 Å². The van der Waals surface area contributed by atoms with Crippen molar-refractivity contribution in [3.8, 4) is 17.9 Å². The summed E-state index contributed by atoms with van der Waals surface area (Å²) in [7, 11) is 0. The van der Waals surface area contributed by atoms with Crippen molar-refractivity contribution in [3.63, 3.8) is 0 Å². The molecular weight excluding hydrogens is 316 g/mol. The standard InChI is InChI=1S/C24H20N2/c1-19(23-12-7-10-22-9-4-5-11-24(22)23)26-17-6-2-3-8-20-13-15-21(18-25)16-14-20/h2,4-7,9-16,19,26H,17H2,1H3/b6-2+/t19-/m1/s1. The first kappa shape index (κ1) is 17.5. The molecule has 3 aromatic rings. The third-order valence-corrected chi connectivity index (χ3v) is 4.26. The second kappa shape index (κ2) is 8.67. The van der Waals surface area contributed by atoms with Crippen LogP contribution in [0.1, 0.15) is 29.7 Å². The number of fused-ring (bicyclic) bond motifs is 1. The fourth-order valence-electron chi connectivity index (χ4n) is 2.85. The van der Waals surface area contributed by atoms with Gasteiger partial charge in [0, 0.05) is 18.2 Å². The second-order valence-corrected chi connectivity index (χ2v) is 6.06. The molecule has 0 saturated carbocycles. The number of nitriles is 1. The van der Waals surface area contributed by atoms with Gasteiger partial charge in [-0.2, -0.15) is 5.26 Å². The molecule has 0 amide bonds. The molecule has 2 heteroatoms. The molecule has 0 heterocycles. The topological polar surface area (TPSA) is 35.8 Å². The lowest BCUT2D eigenvalue weighted by Crippen LogP contribution is -2.18. The van der Waals surface area contributed by atoms with E-state index in [1.54, 1.807) is 12.1 Å². The Balaban J connectivity index is 1.56. The predicted molar refractivity (Wildman–Crippen MR) is 108 cm³/mol. The summed E-state index contributed by atoms with van der Waals surface area (Å²) in [5.41, 5.74) is 2.86. The van der Waals surface area contributed by atoms with E-state index in [9.17, 15) is 0 Å². The highest BCUT2D eigenvalue weighted by molar-refractivity contribution is 5.86. The van der Waals surface area contributed by atoms with Crippen LogP contribution in [-0.2, 0) is 0 Å². The van der Waals surface area contributed by atoms with Gasteiger partial charge in [0.15, 0.2) is 0 Å². The van der Waals surface area contributed by atoms with Crippen molar-refractivity contribution in [3.05, 3.63) is 95.6 Å². The Labute approximate surface area is 154 Å². The van der Waals surface area contributed by atoms with Crippen molar-refractivity contribution in [2.75, 3.05) is 6.54 Å². The van der Waals surface area contributed by atoms with E-state index in [1.807, 2.05) is 24.3 Å². The Morgan fingerprint density at radius 2 is 1.69 bits per heavy atom. The number of hydrogen-bond donors (Lipinski definition) is 1. The first-order valence-electron chi connectivity index (χ1n) is 8.65. The summed E-state index contributed by atoms with van der Waals surface area (Å²) in [6.45, 7) is 2.93. The lowest BCUT2D eigenvalue weighted by atomic mass is 10.00. The Morgan fingerprint density at radius 3 is 2.50 bits per heavy atom. The first-order valence-corrected chi connectivity index (χ1v) is 8.65. The summed E-state index contributed by atoms with van der Waals surface area (Å²) >= 11 is 0. The maximum atomic E-state index is 8.78. The van der Waals surface area contributed by atoms with E-state index in [-0.39, 0.29) is 6.04 Å². The van der Waals surface area contributed by atoms with Gasteiger partial charge in [-0.3, -0.25) is 0 Å². The van der Waals surface area contributed by atoms with E-state index in [4.69, 9.17) is 5.26 Å². The number of nitrogens with one attached hydrogen (secondary N) is 1. The molecule has 0 radical (unpaired) electrons. The van der Waals surface area contributed by atoms with Gasteiger partial charge in [0.25, 0.3) is 0 Å². The van der Waals surface area contributed by atoms with Crippen molar-refractivity contribution >= 4 is 10.8 Å². The van der Waals surface area contributed by atoms with Gasteiger partial charge < -0.3 is 5.32 Å². The molecule has 126 valence electrons. The highest BCUT2D eigenvalue weighted by Crippen LogP contribution is 2.23. The van der Waals surface area contributed by atoms with Crippen LogP contribution in [0.25, 0.3) is 10.8 Å². The molecule has 2 nitrogen and oxygen atoms in total. The maximum absolute atomic E-state index is 8.78. The van der Waals surface area contributed by atoms with Gasteiger partial charge in [-0.1, -0.05) is 60.4 Å². The molecule has 0 bridgehead atoms. The minimum atomic E-state index is 0.261. The van der Waals surface area contributed by atoms with Gasteiger partial charge in [-0.05, 0) is 53.6 Å². The van der Waals surface area contributed by atoms with Crippen LogP contribution in [0.15, 0.2) is 78.9 Å². The lowest BCUT2D eigenvalue weighted by Gasteiger charge is -2.15. The fraction of sp³-hybridized carbons (Fsp3) is 0.125. The Hall–Kier alpha value is -3.33. The highest BCUT2D eigenvalue weighted by atomic mass is 14.9. The van der Waals surface area contributed by atoms with E-state index in [2.05, 4.69) is 72.6 Å². The first-order chi connectivity index (χ1) is 12.8. The predicted octanol–water partition coefficient (Wildman–Crippen LogP) is 4.97. The molecule has 1 atom stereocenters. The minimum Gasteiger partial charge on any atom is -0.307 e. The number of nitrogens with zero attached hydrogens (tertiary/aromatic N) is 1. The van der Waals surface area contributed by atoms with E-state index in [1.165, 1.54) is 16.3 Å². The number of rotatable bonds is 4. The Kier molecular flexibility index (Phi) is 5.84. The Bertz CT molecular complexity index is 1010. The van der Waals surface area contributed by atoms with Crippen LogP contribution in [0.5, 0.6) is 0 Å². The van der Waals surface area contributed by atoms with Crippen molar-refractivity contribution in [2.45, 2.75) is 13.0 Å². The highest BCUT2D eigenvalue weighted by Gasteiger charge is 2.07. The van der Waals surface area contributed by atoms with Gasteiger partial charge in [0.2, 0.25) is 0 Å². The van der Waals surface area contributed by atoms with Gasteiger partial charge in [-0.25, -0.2) is 0 Å². The molecule has 0 unspecified atom stereocenters. The molecule has 0 aliphatic rings. The van der Waals surface area contributed by atoms with Crippen LogP contribution in [0.2, 0.25) is 0 Å². The van der Waals surface area contributed by atoms with Crippen molar-refractivity contribution in [1.82, 2.24) is 5.32 Å². The minimum absolute atomic E-state index is 0.261. The molecule has 1 N–H and O–H groups in total. The van der Waals surface area contributed by atoms with Gasteiger partial charge >= 0.3 is 0 Å². The summed E-state index contributed by atoms with van der Waals surface area (Å²) in [5, 5.41) is 14.9. The molecule has 0 aliphatic carbocycles. The van der Waals surface area contributed by atoms with Crippen LogP contribution < -0.4 is 5.32 Å². The van der Waals surface area contributed by atoms with Crippen LogP contribution >= 0.6 is 0 Å². The van der Waals surface area contributed by atoms with Crippen LogP contribution in [0, 0.1) is 23.2 Å². The molecule has 0 spiro atoms. The molecule has 3 aromatic carbocycles. The molecule has 0 aromatic heterocycles. The average Bonchev–Trinajstić information content (AvgIpc) is 2.70. The third-order valence-electron chi connectivity index (χ3n) is 4.26. The van der Waals surface area contributed by atoms with E-state index in [0.29, 0.717) is 5.56 Å². The van der Waals surface area contributed by atoms with Gasteiger partial charge in [0.05, 0.1) is 11.6 Å². The summed E-state index contributed by atoms with van der Waals surface area (Å²) < 4.78 is 0. The zero-order chi connectivity index (χ0) is 18.2. The lowest BCUT2D eigenvalue weighted by molar-refractivity contribution is 0.621. The van der Waals surface area contributed by atoms with E-state index < -0.39 is 0 Å². The number of allylic oxidation sites excluding steroid dienone is 1. The maximum Gasteiger partial charge on any atom is 0.0991 e. The quantitative estimate of drug-likeness (QED) is 0.683. The summed E-state index contributed by atoms with van der Waals surface area (Å²) in [4.78, 5) is 0. The zero-order valence-corrected chi connectivity index (χ0v) is 14.7. The normalized spacial score (nSPS) is 11.7. The fourth-order valence-corrected chi connectivity index (χ4v) is 2.85. The molecular formula is C24H20N2. The van der Waals surface area contributed by atoms with Crippen molar-refractivity contribution < 1.29 is 0 Å². The van der Waals surface area contributed by atoms with Crippen LogP contribution in [-0.4, -0.2) is 6.54 Å². The second-order valence-electron chi connectivity index (χ2n) is 6.06. The summed E-state index contributed by atoms with van der Waals surface area (Å²) in [5.74, 6) is 6.09. The van der Waals surface area contributed by atoms with Crippen molar-refractivity contribution in [2.24, 2.45) is 0 Å². The van der Waals surface area contributed by atoms with Crippen LogP contribution in [0.3, 0.4) is 0 Å². The summed E-state index contributed by atoms with van der Waals surface area (Å²) in [6.07, 6.45) is 3.89. The summed E-state index contributed by atoms with van der Waals surface area (Å²) in [6, 6.07) is 24.5. The smallest absolute Gasteiger partial charge is 0.0991 e. The number of hydrogen-bond acceptors (Lipinski definition) is 2. The third kappa shape index (κ3) is 4.39. The van der Waals surface area contributed by atoms with Crippen molar-refractivity contribution in [1.29, 1.82) is 5.26 Å². The number of benzene rings is 3. The van der Waals surface area contributed by atoms with Crippen LogP contribution in [0.4, 0.5) is 0 Å². The van der Waals surface area contributed by atoms with Gasteiger partial charge in [0.1, 0.15) is 0 Å². The van der Waals surface area contributed by atoms with E-state index >= 15 is 0 Å². The monoisotopic (exact) mass is 336 g/mol. The molecule has 3 rings (SSSR count). The molecule has 0 fully saturated rings. The molecule has 26 heavy (non-hydrogen) atoms. The zero-order valence-electron chi connectivity index (χ0n) is 14.7. The van der Waals surface area contributed by atoms with E-state index in [0.717, 1.165) is 12.1 Å². The molecule has 0 aliphatic heterocycles.